The Kier molecular flexibility index (Phi) is 6.87. The number of amides is 3. The summed E-state index contributed by atoms with van der Waals surface area (Å²) in [4.78, 5) is 70.4. The summed E-state index contributed by atoms with van der Waals surface area (Å²) in [5.74, 6) is -2.71. The molecule has 0 spiro atoms. The van der Waals surface area contributed by atoms with Crippen LogP contribution in [0.3, 0.4) is 0 Å². The van der Waals surface area contributed by atoms with Crippen LogP contribution in [0.1, 0.15) is 18.3 Å². The van der Waals surface area contributed by atoms with E-state index in [1.165, 1.54) is 18.1 Å². The molecule has 4 aliphatic heterocycles. The predicted octanol–water partition coefficient (Wildman–Crippen LogP) is -0.636. The minimum Gasteiger partial charge on any atom is -0.477 e. The molecule has 1 aromatic heterocycles. The van der Waals surface area contributed by atoms with Gasteiger partial charge in [-0.1, -0.05) is 0 Å². The number of nitrogens with one attached hydrogen (secondary N) is 2. The molecule has 0 bridgehead atoms. The highest BCUT2D eigenvalue weighted by atomic mass is 32.2. The summed E-state index contributed by atoms with van der Waals surface area (Å²) in [6.07, 6.45) is 3.30. The second-order valence-electron chi connectivity index (χ2n) is 9.19. The van der Waals surface area contributed by atoms with Gasteiger partial charge in [0.15, 0.2) is 11.0 Å². The number of hydrogen-bond donors (Lipinski definition) is 4. The number of carboxylic acids is 1. The molecule has 0 saturated carbocycles. The van der Waals surface area contributed by atoms with Crippen molar-refractivity contribution < 1.29 is 24.3 Å². The van der Waals surface area contributed by atoms with Crippen LogP contribution in [0.4, 0.5) is 5.13 Å². The summed E-state index contributed by atoms with van der Waals surface area (Å²) < 4.78 is 3.81. The van der Waals surface area contributed by atoms with E-state index < -0.39 is 35.2 Å². The van der Waals surface area contributed by atoms with Gasteiger partial charge in [-0.25, -0.2) is 9.78 Å². The van der Waals surface area contributed by atoms with Gasteiger partial charge in [0.1, 0.15) is 17.1 Å². The van der Waals surface area contributed by atoms with E-state index >= 15 is 0 Å². The van der Waals surface area contributed by atoms with Gasteiger partial charge >= 0.3 is 5.97 Å². The zero-order chi connectivity index (χ0) is 27.1. The number of fused-ring (bicyclic) bond motifs is 1. The van der Waals surface area contributed by atoms with Crippen LogP contribution in [0.15, 0.2) is 28.1 Å². The van der Waals surface area contributed by atoms with Crippen LogP contribution in [0.5, 0.6) is 0 Å². The van der Waals surface area contributed by atoms with Crippen molar-refractivity contribution in [1.29, 1.82) is 5.41 Å². The van der Waals surface area contributed by atoms with Crippen LogP contribution in [0, 0.1) is 16.2 Å². The van der Waals surface area contributed by atoms with Gasteiger partial charge in [0, 0.05) is 55.0 Å². The topological polar surface area (TPSA) is 215 Å². The van der Waals surface area contributed by atoms with Crippen molar-refractivity contribution >= 4 is 58.5 Å². The quantitative estimate of drug-likeness (QED) is 0.0978. The number of aliphatic carboxylic acids is 1. The minimum absolute atomic E-state index is 0.0504. The Morgan fingerprint density at radius 2 is 2.11 bits per heavy atom. The molecule has 38 heavy (non-hydrogen) atoms. The summed E-state index contributed by atoms with van der Waals surface area (Å²) in [5, 5.41) is 21.7. The largest absolute Gasteiger partial charge is 0.477 e. The van der Waals surface area contributed by atoms with Crippen molar-refractivity contribution in [3.05, 3.63) is 33.7 Å². The highest BCUT2D eigenvalue weighted by Gasteiger charge is 2.54. The first-order chi connectivity index (χ1) is 18.2. The lowest BCUT2D eigenvalue weighted by atomic mass is 10.0. The fourth-order valence-electron chi connectivity index (χ4n) is 4.88. The third-order valence-corrected chi connectivity index (χ3v) is 8.62. The molecule has 200 valence electrons. The van der Waals surface area contributed by atoms with E-state index in [0.29, 0.717) is 36.6 Å². The number of carbonyl (C=O) groups is 4. The molecular formula is C21H23N9O6S2. The molecule has 3 amide bonds. The zero-order valence-electron chi connectivity index (χ0n) is 19.8. The van der Waals surface area contributed by atoms with Gasteiger partial charge in [-0.3, -0.25) is 24.7 Å². The number of nitrogen functional groups attached to an aromatic ring is 1. The summed E-state index contributed by atoms with van der Waals surface area (Å²) in [6.45, 7) is 2.56. The molecule has 3 atom stereocenters. The van der Waals surface area contributed by atoms with E-state index in [1.54, 1.807) is 11.0 Å². The fraction of sp³-hybridized carbons (Fsp3) is 0.476. The molecule has 1 aromatic rings. The summed E-state index contributed by atoms with van der Waals surface area (Å²) in [7, 11) is 0. The van der Waals surface area contributed by atoms with Gasteiger partial charge in [-0.15, -0.1) is 16.7 Å². The average Bonchev–Trinajstić information content (AvgIpc) is 3.44. The van der Waals surface area contributed by atoms with Crippen LogP contribution in [0.25, 0.3) is 0 Å². The number of likely N-dealkylation sites (tertiary alicyclic amines) is 2. The molecule has 15 nitrogen and oxygen atoms in total. The molecule has 3 saturated heterocycles. The summed E-state index contributed by atoms with van der Waals surface area (Å²) in [5.41, 5.74) is 6.09. The van der Waals surface area contributed by atoms with Crippen molar-refractivity contribution in [3.8, 4) is 0 Å². The zero-order valence-corrected chi connectivity index (χ0v) is 21.4. The molecular weight excluding hydrogens is 538 g/mol. The van der Waals surface area contributed by atoms with Gasteiger partial charge in [-0.2, -0.15) is 4.37 Å². The van der Waals surface area contributed by atoms with Crippen LogP contribution in [0.2, 0.25) is 0 Å². The monoisotopic (exact) mass is 561 g/mol. The standard InChI is InChI=1S/C21H23N9O6S2/c22-8-28-4-9(5-28)6-29-2-1-10(17(29)32)3-11-7-37-19-13(18(33)30(19)14(11)20(34)35)24-16(31)12(26-36)15-25-21(23)38-27-15/h3,8-9,12-13,19,22H,1-2,4-7H2,(H,24,31)(H,34,35)(H2,23,25,27). The maximum Gasteiger partial charge on any atom is 0.352 e. The minimum atomic E-state index is -1.60. The number of carboxylic acid groups (broad SMARTS) is 1. The lowest BCUT2D eigenvalue weighted by molar-refractivity contribution is -0.150. The highest BCUT2D eigenvalue weighted by molar-refractivity contribution is 8.00. The van der Waals surface area contributed by atoms with Crippen molar-refractivity contribution in [2.75, 3.05) is 37.7 Å². The maximum absolute atomic E-state index is 12.9. The molecule has 0 aromatic carbocycles. The molecule has 3 fully saturated rings. The molecule has 17 heteroatoms. The Hall–Kier alpha value is -3.86. The Morgan fingerprint density at radius 3 is 2.74 bits per heavy atom. The van der Waals surface area contributed by atoms with Gasteiger partial charge < -0.3 is 26.0 Å². The number of nitrogens with two attached hydrogens (primary N) is 1. The van der Waals surface area contributed by atoms with Crippen LogP contribution in [-0.2, 0) is 19.2 Å². The predicted molar refractivity (Wildman–Crippen MR) is 136 cm³/mol. The van der Waals surface area contributed by atoms with Crippen LogP contribution >= 0.6 is 23.3 Å². The third-order valence-electron chi connectivity index (χ3n) is 6.76. The van der Waals surface area contributed by atoms with E-state index in [9.17, 15) is 29.2 Å². The van der Waals surface area contributed by atoms with Crippen LogP contribution < -0.4 is 11.1 Å². The molecule has 4 aliphatic rings. The highest BCUT2D eigenvalue weighted by Crippen LogP contribution is 2.41. The van der Waals surface area contributed by atoms with E-state index in [0.717, 1.165) is 29.5 Å². The van der Waals surface area contributed by atoms with Gasteiger partial charge in [0.05, 0.1) is 6.34 Å². The lowest BCUT2D eigenvalue weighted by Crippen LogP contribution is -2.70. The SMILES string of the molecule is N=CN1CC(CN2CCC(=CC3=C(C(=O)O)N4C(=O)C(NC(=O)C(N=O)c5nsc(N)n5)C4SC3)C2=O)C1. The van der Waals surface area contributed by atoms with E-state index in [4.69, 9.17) is 11.1 Å². The number of carbonyl (C=O) groups excluding carboxylic acids is 3. The Labute approximate surface area is 223 Å². The smallest absolute Gasteiger partial charge is 0.352 e. The van der Waals surface area contributed by atoms with Crippen molar-refractivity contribution in [2.45, 2.75) is 23.9 Å². The second kappa shape index (κ2) is 10.1. The molecule has 5 N–H and O–H groups in total. The van der Waals surface area contributed by atoms with Crippen LogP contribution in [-0.4, -0.2) is 103 Å². The second-order valence-corrected chi connectivity index (χ2v) is 11.1. The average molecular weight is 562 g/mol. The Morgan fingerprint density at radius 1 is 1.34 bits per heavy atom. The fourth-order valence-corrected chi connectivity index (χ4v) is 6.65. The number of thioether (sulfide) groups is 1. The van der Waals surface area contributed by atoms with E-state index in [2.05, 4.69) is 19.9 Å². The van der Waals surface area contributed by atoms with Gasteiger partial charge in [0.25, 0.3) is 11.8 Å². The summed E-state index contributed by atoms with van der Waals surface area (Å²) >= 11 is 2.03. The first-order valence-corrected chi connectivity index (χ1v) is 13.4. The Bertz CT molecular complexity index is 1290. The van der Waals surface area contributed by atoms with Gasteiger partial charge in [-0.05, 0) is 23.2 Å². The number of nitrogens with zero attached hydrogens (tertiary/aromatic N) is 6. The number of β-lactam (4-membered cyclic amide) rings is 1. The van der Waals surface area contributed by atoms with E-state index in [-0.39, 0.29) is 28.3 Å². The number of aromatic nitrogens is 2. The third kappa shape index (κ3) is 4.51. The summed E-state index contributed by atoms with van der Waals surface area (Å²) in [6, 6.07) is -2.67. The van der Waals surface area contributed by atoms with Crippen molar-refractivity contribution in [2.24, 2.45) is 11.1 Å². The maximum atomic E-state index is 12.9. The number of hydrogen-bond acceptors (Lipinski definition) is 12. The van der Waals surface area contributed by atoms with Crippen molar-refractivity contribution in [3.63, 3.8) is 0 Å². The number of anilines is 1. The van der Waals surface area contributed by atoms with Crippen molar-refractivity contribution in [1.82, 2.24) is 29.4 Å². The lowest BCUT2D eigenvalue weighted by Gasteiger charge is -2.49. The number of nitroso groups, excluding NO2 is 1. The Balaban J connectivity index is 1.28. The van der Waals surface area contributed by atoms with Gasteiger partial charge in [0.2, 0.25) is 11.9 Å². The normalized spacial score (nSPS) is 25.2. The molecule has 0 radical (unpaired) electrons. The van der Waals surface area contributed by atoms with E-state index in [1.807, 2.05) is 4.90 Å². The molecule has 0 aliphatic carbocycles. The first-order valence-electron chi connectivity index (χ1n) is 11.6. The first kappa shape index (κ1) is 25.8. The number of rotatable bonds is 9. The molecule has 5 rings (SSSR count). The number of allylic oxidation sites excluding steroid dienone is 1. The molecule has 5 heterocycles. The molecule has 3 unspecified atom stereocenters.